The van der Waals surface area contributed by atoms with Crippen LogP contribution in [-0.4, -0.2) is 35.1 Å². The van der Waals surface area contributed by atoms with Gasteiger partial charge in [0, 0.05) is 24.2 Å². The summed E-state index contributed by atoms with van der Waals surface area (Å²) in [7, 11) is 0. The summed E-state index contributed by atoms with van der Waals surface area (Å²) in [5.41, 5.74) is 10.8. The molecule has 1 aliphatic rings. The minimum atomic E-state index is -0.735. The van der Waals surface area contributed by atoms with Gasteiger partial charge >= 0.3 is 0 Å². The lowest BCUT2D eigenvalue weighted by Gasteiger charge is -2.30. The Kier molecular flexibility index (Phi) is 9.54. The van der Waals surface area contributed by atoms with Gasteiger partial charge in [0.15, 0.2) is 0 Å². The fourth-order valence-corrected chi connectivity index (χ4v) is 4.05. The molecule has 0 spiro atoms. The Labute approximate surface area is 168 Å². The number of nitro benzene ring substituents is 1. The molecule has 1 aromatic carbocycles. The molecular formula is C17H25ClN4O4S. The first-order valence-corrected chi connectivity index (χ1v) is 9.61. The molecule has 0 heterocycles. The van der Waals surface area contributed by atoms with Crippen molar-refractivity contribution in [3.8, 4) is 0 Å². The average Bonchev–Trinajstić information content (AvgIpc) is 2.64. The first-order chi connectivity index (χ1) is 12.4. The summed E-state index contributed by atoms with van der Waals surface area (Å²) in [5.74, 6) is -0.503. The van der Waals surface area contributed by atoms with Crippen LogP contribution in [0.1, 0.15) is 42.5 Å². The van der Waals surface area contributed by atoms with E-state index in [1.54, 1.807) is 0 Å². The van der Waals surface area contributed by atoms with Crippen LogP contribution in [0.4, 0.5) is 5.69 Å². The molecule has 5 N–H and O–H groups in total. The maximum Gasteiger partial charge on any atom is 0.283 e. The smallest absolute Gasteiger partial charge is 0.283 e. The van der Waals surface area contributed by atoms with Crippen LogP contribution in [0.2, 0.25) is 0 Å². The lowest BCUT2D eigenvalue weighted by Crippen LogP contribution is -2.46. The zero-order valence-corrected chi connectivity index (χ0v) is 16.5. The molecule has 0 radical (unpaired) electrons. The van der Waals surface area contributed by atoms with Gasteiger partial charge in [-0.3, -0.25) is 19.7 Å². The molecule has 8 nitrogen and oxygen atoms in total. The number of nitrogens with one attached hydrogen (secondary N) is 1. The number of hydrogen-bond acceptors (Lipinski definition) is 6. The molecule has 1 aliphatic carbocycles. The number of carbonyl (C=O) groups is 2. The Morgan fingerprint density at radius 1 is 1.30 bits per heavy atom. The average molecular weight is 417 g/mol. The van der Waals surface area contributed by atoms with Gasteiger partial charge in [0.25, 0.3) is 5.69 Å². The molecule has 0 saturated heterocycles. The van der Waals surface area contributed by atoms with E-state index in [2.05, 4.69) is 5.32 Å². The van der Waals surface area contributed by atoms with Gasteiger partial charge in [-0.25, -0.2) is 0 Å². The number of halogens is 1. The second-order valence-corrected chi connectivity index (χ2v) is 7.42. The minimum Gasteiger partial charge on any atom is -0.366 e. The molecule has 1 fully saturated rings. The summed E-state index contributed by atoms with van der Waals surface area (Å²) >= 11 is 1.06. The number of thioether (sulfide) groups is 1. The molecule has 0 aromatic heterocycles. The number of nitrogens with zero attached hydrogens (tertiary/aromatic N) is 1. The van der Waals surface area contributed by atoms with Crippen LogP contribution in [-0.2, 0) is 4.79 Å². The number of benzene rings is 1. The maximum atomic E-state index is 12.3. The molecule has 10 heteroatoms. The van der Waals surface area contributed by atoms with Crippen molar-refractivity contribution in [1.29, 1.82) is 0 Å². The van der Waals surface area contributed by atoms with Gasteiger partial charge in [-0.15, -0.1) is 24.2 Å². The predicted octanol–water partition coefficient (Wildman–Crippen LogP) is 2.23. The van der Waals surface area contributed by atoms with E-state index in [1.165, 1.54) is 18.6 Å². The van der Waals surface area contributed by atoms with Gasteiger partial charge in [0.1, 0.15) is 0 Å². The van der Waals surface area contributed by atoms with Crippen LogP contribution in [0.25, 0.3) is 0 Å². The van der Waals surface area contributed by atoms with Crippen molar-refractivity contribution in [1.82, 2.24) is 5.32 Å². The third-order valence-corrected chi connectivity index (χ3v) is 5.68. The Hall–Kier alpha value is -1.84. The standard InChI is InChI=1S/C17H24N4O4S.ClH/c18-9-13(11-4-2-1-3-5-11)20-16(22)10-26-15-7-6-12(17(19)23)8-14(15)21(24)25;/h6-8,11,13H,1-5,9-10,18H2,(H2,19,23)(H,20,22);1H. The monoisotopic (exact) mass is 416 g/mol. The molecule has 1 unspecified atom stereocenters. The van der Waals surface area contributed by atoms with Crippen molar-refractivity contribution >= 4 is 41.7 Å². The number of primary amides is 1. The van der Waals surface area contributed by atoms with Crippen molar-refractivity contribution in [2.24, 2.45) is 17.4 Å². The zero-order chi connectivity index (χ0) is 19.1. The van der Waals surface area contributed by atoms with Crippen LogP contribution < -0.4 is 16.8 Å². The molecule has 1 saturated carbocycles. The van der Waals surface area contributed by atoms with E-state index in [-0.39, 0.29) is 41.4 Å². The molecule has 27 heavy (non-hydrogen) atoms. The highest BCUT2D eigenvalue weighted by Gasteiger charge is 2.24. The molecule has 0 aliphatic heterocycles. The fourth-order valence-electron chi connectivity index (χ4n) is 3.23. The van der Waals surface area contributed by atoms with Gasteiger partial charge in [-0.05, 0) is 30.9 Å². The van der Waals surface area contributed by atoms with Crippen LogP contribution in [0.5, 0.6) is 0 Å². The zero-order valence-electron chi connectivity index (χ0n) is 14.9. The van der Waals surface area contributed by atoms with Crippen LogP contribution >= 0.6 is 24.2 Å². The number of amides is 2. The molecule has 1 atom stereocenters. The molecule has 0 bridgehead atoms. The van der Waals surface area contributed by atoms with Crippen LogP contribution in [0, 0.1) is 16.0 Å². The Morgan fingerprint density at radius 3 is 2.52 bits per heavy atom. The molecule has 150 valence electrons. The third kappa shape index (κ3) is 6.67. The van der Waals surface area contributed by atoms with Crippen LogP contribution in [0.15, 0.2) is 23.1 Å². The highest BCUT2D eigenvalue weighted by Crippen LogP contribution is 2.30. The van der Waals surface area contributed by atoms with E-state index in [0.717, 1.165) is 43.5 Å². The molecule has 2 amide bonds. The summed E-state index contributed by atoms with van der Waals surface area (Å²) in [6, 6.07) is 3.93. The van der Waals surface area contributed by atoms with Gasteiger partial charge in [0.05, 0.1) is 15.6 Å². The number of nitrogens with two attached hydrogens (primary N) is 2. The molecule has 2 rings (SSSR count). The predicted molar refractivity (Wildman–Crippen MR) is 107 cm³/mol. The van der Waals surface area contributed by atoms with E-state index >= 15 is 0 Å². The molecular weight excluding hydrogens is 392 g/mol. The summed E-state index contributed by atoms with van der Waals surface area (Å²) in [6.07, 6.45) is 5.67. The largest absolute Gasteiger partial charge is 0.366 e. The number of carbonyl (C=O) groups excluding carboxylic acids is 2. The Bertz CT molecular complexity index is 683. The summed E-state index contributed by atoms with van der Waals surface area (Å²) in [6.45, 7) is 0.383. The van der Waals surface area contributed by atoms with E-state index in [1.807, 2.05) is 0 Å². The van der Waals surface area contributed by atoms with Crippen molar-refractivity contribution < 1.29 is 14.5 Å². The van der Waals surface area contributed by atoms with Crippen molar-refractivity contribution in [2.45, 2.75) is 43.0 Å². The minimum absolute atomic E-state index is 0. The number of nitro groups is 1. The summed E-state index contributed by atoms with van der Waals surface area (Å²) in [5, 5.41) is 14.2. The lowest BCUT2D eigenvalue weighted by molar-refractivity contribution is -0.387. The highest BCUT2D eigenvalue weighted by molar-refractivity contribution is 8.00. The SMILES string of the molecule is Cl.NCC(NC(=O)CSc1ccc(C(N)=O)cc1[N+](=O)[O-])C1CCCCC1. The first kappa shape index (κ1) is 23.2. The van der Waals surface area contributed by atoms with Crippen molar-refractivity contribution in [3.05, 3.63) is 33.9 Å². The topological polar surface area (TPSA) is 141 Å². The van der Waals surface area contributed by atoms with Gasteiger partial charge in [-0.1, -0.05) is 19.3 Å². The Morgan fingerprint density at radius 2 is 1.96 bits per heavy atom. The Balaban J connectivity index is 0.00000364. The first-order valence-electron chi connectivity index (χ1n) is 8.63. The number of hydrogen-bond donors (Lipinski definition) is 3. The van der Waals surface area contributed by atoms with Gasteiger partial charge < -0.3 is 16.8 Å². The van der Waals surface area contributed by atoms with Crippen LogP contribution in [0.3, 0.4) is 0 Å². The van der Waals surface area contributed by atoms with Crippen molar-refractivity contribution in [2.75, 3.05) is 12.3 Å². The summed E-state index contributed by atoms with van der Waals surface area (Å²) < 4.78 is 0. The second kappa shape index (κ2) is 11.1. The summed E-state index contributed by atoms with van der Waals surface area (Å²) in [4.78, 5) is 34.4. The van der Waals surface area contributed by atoms with Gasteiger partial charge in [-0.2, -0.15) is 0 Å². The number of rotatable bonds is 8. The maximum absolute atomic E-state index is 12.3. The van der Waals surface area contributed by atoms with E-state index in [4.69, 9.17) is 11.5 Å². The fraction of sp³-hybridized carbons (Fsp3) is 0.529. The third-order valence-electron chi connectivity index (χ3n) is 4.62. The molecule has 1 aromatic rings. The van der Waals surface area contributed by atoms with E-state index in [0.29, 0.717) is 17.4 Å². The lowest BCUT2D eigenvalue weighted by atomic mass is 9.84. The highest BCUT2D eigenvalue weighted by atomic mass is 35.5. The normalized spacial score (nSPS) is 15.4. The van der Waals surface area contributed by atoms with Gasteiger partial charge in [0.2, 0.25) is 11.8 Å². The second-order valence-electron chi connectivity index (χ2n) is 6.40. The van der Waals surface area contributed by atoms with E-state index in [9.17, 15) is 19.7 Å². The van der Waals surface area contributed by atoms with E-state index < -0.39 is 10.8 Å². The van der Waals surface area contributed by atoms with Crippen molar-refractivity contribution in [3.63, 3.8) is 0 Å². The quantitative estimate of drug-likeness (QED) is 0.337.